The Morgan fingerprint density at radius 3 is 2.44 bits per heavy atom. The Hall–Kier alpha value is -1.80. The molecule has 0 bridgehead atoms. The molecule has 0 aliphatic carbocycles. The van der Waals surface area contributed by atoms with Gasteiger partial charge in [0.2, 0.25) is 0 Å². The van der Waals surface area contributed by atoms with E-state index >= 15 is 0 Å². The first kappa shape index (κ1) is 12.3. The topological polar surface area (TPSA) is 86.7 Å². The normalized spacial score (nSPS) is 21.2. The quantitative estimate of drug-likeness (QED) is 0.677. The van der Waals surface area contributed by atoms with Crippen molar-refractivity contribution in [2.24, 2.45) is 0 Å². The van der Waals surface area contributed by atoms with Crippen LogP contribution in [-0.4, -0.2) is 46.7 Å². The van der Waals surface area contributed by atoms with E-state index in [4.69, 9.17) is 5.11 Å². The zero-order chi connectivity index (χ0) is 12.5. The number of nitrogens with one attached hydrogen (secondary N) is 1. The van der Waals surface area contributed by atoms with Crippen LogP contribution in [-0.2, 0) is 9.59 Å². The van der Waals surface area contributed by atoms with Crippen LogP contribution < -0.4 is 5.32 Å². The molecule has 0 aromatic heterocycles. The summed E-state index contributed by atoms with van der Waals surface area (Å²) in [6.07, 6.45) is -5.44. The van der Waals surface area contributed by atoms with E-state index in [1.165, 1.54) is 0 Å². The van der Waals surface area contributed by atoms with Crippen LogP contribution in [0.15, 0.2) is 0 Å². The molecule has 1 fully saturated rings. The lowest BCUT2D eigenvalue weighted by molar-refractivity contribution is -0.153. The second kappa shape index (κ2) is 3.99. The molecule has 1 atom stereocenters. The number of carbonyl (C=O) groups excluding carboxylic acids is 2. The lowest BCUT2D eigenvalue weighted by atomic mass is 10.2. The number of urea groups is 1. The first-order chi connectivity index (χ1) is 7.20. The highest BCUT2D eigenvalue weighted by molar-refractivity contribution is 6.05. The summed E-state index contributed by atoms with van der Waals surface area (Å²) in [5, 5.41) is 10.2. The monoisotopic (exact) mass is 240 g/mol. The fraction of sp³-hybridized carbons (Fsp3) is 0.571. The largest absolute Gasteiger partial charge is 0.481 e. The molecular weight excluding hydrogens is 233 g/mol. The summed E-state index contributed by atoms with van der Waals surface area (Å²) in [6.45, 7) is -1.71. The van der Waals surface area contributed by atoms with Gasteiger partial charge in [-0.1, -0.05) is 0 Å². The van der Waals surface area contributed by atoms with Crippen LogP contribution in [0.25, 0.3) is 0 Å². The molecule has 0 aromatic carbocycles. The summed E-state index contributed by atoms with van der Waals surface area (Å²) < 4.78 is 35.9. The van der Waals surface area contributed by atoms with E-state index in [9.17, 15) is 27.6 Å². The number of hydrogen-bond donors (Lipinski definition) is 2. The standard InChI is InChI=1S/C7H7F3N2O4/c8-7(9,10)2-12-5(15)3(1-4(13)14)11-6(12)16/h3H,1-2H2,(H,11,16)(H,13,14). The van der Waals surface area contributed by atoms with Crippen molar-refractivity contribution < 1.29 is 32.7 Å². The van der Waals surface area contributed by atoms with Gasteiger partial charge in [-0.2, -0.15) is 13.2 Å². The third kappa shape index (κ3) is 2.84. The van der Waals surface area contributed by atoms with Crippen molar-refractivity contribution in [3.05, 3.63) is 0 Å². The van der Waals surface area contributed by atoms with Crippen LogP contribution in [0.2, 0.25) is 0 Å². The van der Waals surface area contributed by atoms with E-state index in [0.29, 0.717) is 0 Å². The molecular formula is C7H7F3N2O4. The number of aliphatic carboxylic acids is 1. The number of hydrogen-bond acceptors (Lipinski definition) is 3. The van der Waals surface area contributed by atoms with Gasteiger partial charge in [-0.25, -0.2) is 4.79 Å². The van der Waals surface area contributed by atoms with Crippen molar-refractivity contribution in [1.82, 2.24) is 10.2 Å². The van der Waals surface area contributed by atoms with Crippen molar-refractivity contribution in [2.45, 2.75) is 18.6 Å². The molecule has 0 spiro atoms. The Kier molecular flexibility index (Phi) is 3.06. The maximum atomic E-state index is 12.0. The number of nitrogens with zero attached hydrogens (tertiary/aromatic N) is 1. The maximum Gasteiger partial charge on any atom is 0.406 e. The van der Waals surface area contributed by atoms with Gasteiger partial charge in [-0.15, -0.1) is 0 Å². The summed E-state index contributed by atoms with van der Waals surface area (Å²) >= 11 is 0. The Morgan fingerprint density at radius 2 is 2.00 bits per heavy atom. The first-order valence-electron chi connectivity index (χ1n) is 4.11. The van der Waals surface area contributed by atoms with Crippen molar-refractivity contribution in [2.75, 3.05) is 6.54 Å². The van der Waals surface area contributed by atoms with Gasteiger partial charge < -0.3 is 10.4 Å². The summed E-state index contributed by atoms with van der Waals surface area (Å²) in [5.74, 6) is -2.56. The highest BCUT2D eigenvalue weighted by Gasteiger charge is 2.44. The van der Waals surface area contributed by atoms with Crippen LogP contribution >= 0.6 is 0 Å². The molecule has 6 nitrogen and oxygen atoms in total. The van der Waals surface area contributed by atoms with E-state index in [2.05, 4.69) is 0 Å². The highest BCUT2D eigenvalue weighted by Crippen LogP contribution is 2.20. The molecule has 0 saturated carbocycles. The predicted molar refractivity (Wildman–Crippen MR) is 42.3 cm³/mol. The smallest absolute Gasteiger partial charge is 0.406 e. The number of carboxylic acids is 1. The van der Waals surface area contributed by atoms with Crippen LogP contribution in [0, 0.1) is 0 Å². The van der Waals surface area contributed by atoms with Crippen molar-refractivity contribution in [1.29, 1.82) is 0 Å². The van der Waals surface area contributed by atoms with Crippen LogP contribution in [0.1, 0.15) is 6.42 Å². The van der Waals surface area contributed by atoms with Gasteiger partial charge in [-0.05, 0) is 0 Å². The van der Waals surface area contributed by atoms with E-state index in [-0.39, 0.29) is 4.90 Å². The van der Waals surface area contributed by atoms with Gasteiger partial charge in [0.1, 0.15) is 12.6 Å². The zero-order valence-corrected chi connectivity index (χ0v) is 7.74. The summed E-state index contributed by atoms with van der Waals surface area (Å²) in [6, 6.07) is -2.65. The van der Waals surface area contributed by atoms with Gasteiger partial charge in [0, 0.05) is 0 Å². The van der Waals surface area contributed by atoms with Gasteiger partial charge in [0.15, 0.2) is 0 Å². The molecule has 1 rings (SSSR count). The van der Waals surface area contributed by atoms with Gasteiger partial charge in [0.05, 0.1) is 6.42 Å². The molecule has 90 valence electrons. The minimum absolute atomic E-state index is 0.0480. The Bertz CT molecular complexity index is 341. The molecule has 1 aliphatic heterocycles. The zero-order valence-electron chi connectivity index (χ0n) is 7.74. The van der Waals surface area contributed by atoms with E-state index in [0.717, 1.165) is 0 Å². The second-order valence-corrected chi connectivity index (χ2v) is 3.14. The number of carboxylic acid groups (broad SMARTS) is 1. The Balaban J connectivity index is 2.71. The predicted octanol–water partition coefficient (Wildman–Crippen LogP) is -0.0562. The van der Waals surface area contributed by atoms with Gasteiger partial charge in [-0.3, -0.25) is 14.5 Å². The van der Waals surface area contributed by atoms with E-state index < -0.39 is 43.1 Å². The van der Waals surface area contributed by atoms with E-state index in [1.807, 2.05) is 5.32 Å². The third-order valence-corrected chi connectivity index (χ3v) is 1.82. The van der Waals surface area contributed by atoms with Crippen molar-refractivity contribution >= 4 is 17.9 Å². The molecule has 16 heavy (non-hydrogen) atoms. The Morgan fingerprint density at radius 1 is 1.44 bits per heavy atom. The average molecular weight is 240 g/mol. The molecule has 1 unspecified atom stereocenters. The third-order valence-electron chi connectivity index (χ3n) is 1.82. The van der Waals surface area contributed by atoms with E-state index in [1.54, 1.807) is 0 Å². The SMILES string of the molecule is O=C(O)CC1NC(=O)N(CC(F)(F)F)C1=O. The lowest BCUT2D eigenvalue weighted by Crippen LogP contribution is -2.39. The van der Waals surface area contributed by atoms with Gasteiger partial charge in [0.25, 0.3) is 5.91 Å². The fourth-order valence-electron chi connectivity index (χ4n) is 1.22. The van der Waals surface area contributed by atoms with Crippen molar-refractivity contribution in [3.63, 3.8) is 0 Å². The van der Waals surface area contributed by atoms with Crippen LogP contribution in [0.3, 0.4) is 0 Å². The highest BCUT2D eigenvalue weighted by atomic mass is 19.4. The number of alkyl halides is 3. The van der Waals surface area contributed by atoms with Crippen LogP contribution in [0.5, 0.6) is 0 Å². The molecule has 1 saturated heterocycles. The number of halogens is 3. The summed E-state index contributed by atoms with van der Waals surface area (Å²) in [7, 11) is 0. The summed E-state index contributed by atoms with van der Waals surface area (Å²) in [5.41, 5.74) is 0. The number of imide groups is 1. The number of carbonyl (C=O) groups is 3. The minimum atomic E-state index is -4.70. The molecule has 0 aromatic rings. The van der Waals surface area contributed by atoms with Gasteiger partial charge >= 0.3 is 18.2 Å². The second-order valence-electron chi connectivity index (χ2n) is 3.14. The van der Waals surface area contributed by atoms with Crippen molar-refractivity contribution in [3.8, 4) is 0 Å². The number of rotatable bonds is 3. The molecule has 0 radical (unpaired) electrons. The summed E-state index contributed by atoms with van der Waals surface area (Å²) in [4.78, 5) is 32.4. The minimum Gasteiger partial charge on any atom is -0.481 e. The first-order valence-corrected chi connectivity index (χ1v) is 4.11. The lowest BCUT2D eigenvalue weighted by Gasteiger charge is -2.14. The van der Waals surface area contributed by atoms with Crippen LogP contribution in [0.4, 0.5) is 18.0 Å². The maximum absolute atomic E-state index is 12.0. The fourth-order valence-corrected chi connectivity index (χ4v) is 1.22. The Labute approximate surface area is 87.0 Å². The molecule has 1 heterocycles. The number of amides is 3. The molecule has 3 amide bonds. The molecule has 1 aliphatic rings. The average Bonchev–Trinajstić information content (AvgIpc) is 2.29. The molecule has 2 N–H and O–H groups in total. The molecule has 9 heteroatoms.